The van der Waals surface area contributed by atoms with E-state index in [2.05, 4.69) is 22.2 Å². The lowest BCUT2D eigenvalue weighted by Gasteiger charge is -2.25. The molecular weight excluding hydrogens is 256 g/mol. The number of carbonyl (C=O) groups is 1. The van der Waals surface area contributed by atoms with E-state index in [4.69, 9.17) is 4.74 Å². The van der Waals surface area contributed by atoms with Crippen molar-refractivity contribution in [3.8, 4) is 0 Å². The molecule has 1 rings (SSSR count). The van der Waals surface area contributed by atoms with E-state index in [-0.39, 0.29) is 11.3 Å². The van der Waals surface area contributed by atoms with Crippen LogP contribution < -0.4 is 5.32 Å². The van der Waals surface area contributed by atoms with Crippen LogP contribution >= 0.6 is 0 Å². The van der Waals surface area contributed by atoms with Crippen LogP contribution in [0.2, 0.25) is 0 Å². The normalized spacial score (nSPS) is 13.7. The van der Waals surface area contributed by atoms with Crippen LogP contribution in [0.4, 0.5) is 0 Å². The Morgan fingerprint density at radius 1 is 1.55 bits per heavy atom. The Morgan fingerprint density at radius 3 is 2.95 bits per heavy atom. The first-order chi connectivity index (χ1) is 9.62. The molecule has 1 aromatic heterocycles. The molecule has 0 spiro atoms. The van der Waals surface area contributed by atoms with E-state index in [0.717, 1.165) is 6.42 Å². The molecule has 20 heavy (non-hydrogen) atoms. The Kier molecular flexibility index (Phi) is 6.93. The molecule has 1 heterocycles. The SMILES string of the molecule is C=CCC(C)(CC)C(=O)NCCOCCn1ccnn1. The fourth-order valence-corrected chi connectivity index (χ4v) is 1.78. The van der Waals surface area contributed by atoms with E-state index in [1.807, 2.05) is 13.8 Å². The number of allylic oxidation sites excluding steroid dienone is 1. The maximum absolute atomic E-state index is 12.1. The quantitative estimate of drug-likeness (QED) is 0.519. The minimum Gasteiger partial charge on any atom is -0.378 e. The summed E-state index contributed by atoms with van der Waals surface area (Å²) in [4.78, 5) is 12.1. The molecule has 0 aliphatic heterocycles. The highest BCUT2D eigenvalue weighted by Gasteiger charge is 2.29. The third-order valence-corrected chi connectivity index (χ3v) is 3.39. The monoisotopic (exact) mass is 280 g/mol. The molecule has 1 unspecified atom stereocenters. The molecule has 0 fully saturated rings. The van der Waals surface area contributed by atoms with Gasteiger partial charge >= 0.3 is 0 Å². The molecule has 0 bridgehead atoms. The first kappa shape index (κ1) is 16.4. The largest absolute Gasteiger partial charge is 0.378 e. The van der Waals surface area contributed by atoms with Crippen LogP contribution in [-0.4, -0.2) is 40.7 Å². The summed E-state index contributed by atoms with van der Waals surface area (Å²) in [6.07, 6.45) is 6.68. The summed E-state index contributed by atoms with van der Waals surface area (Å²) < 4.78 is 7.15. The Morgan fingerprint density at radius 2 is 2.35 bits per heavy atom. The van der Waals surface area contributed by atoms with Crippen LogP contribution in [0.15, 0.2) is 25.0 Å². The van der Waals surface area contributed by atoms with E-state index in [1.54, 1.807) is 23.2 Å². The Hall–Kier alpha value is -1.69. The van der Waals surface area contributed by atoms with Crippen LogP contribution in [0.5, 0.6) is 0 Å². The molecule has 1 aromatic rings. The van der Waals surface area contributed by atoms with Crippen molar-refractivity contribution in [1.29, 1.82) is 0 Å². The van der Waals surface area contributed by atoms with Gasteiger partial charge in [-0.15, -0.1) is 11.7 Å². The van der Waals surface area contributed by atoms with Gasteiger partial charge in [-0.1, -0.05) is 25.1 Å². The molecule has 0 aliphatic rings. The molecule has 0 aliphatic carbocycles. The highest BCUT2D eigenvalue weighted by Crippen LogP contribution is 2.25. The zero-order valence-corrected chi connectivity index (χ0v) is 12.3. The maximum Gasteiger partial charge on any atom is 0.226 e. The van der Waals surface area contributed by atoms with Crippen molar-refractivity contribution >= 4 is 5.91 Å². The van der Waals surface area contributed by atoms with Gasteiger partial charge in [0, 0.05) is 18.2 Å². The predicted molar refractivity (Wildman–Crippen MR) is 77.1 cm³/mol. The standard InChI is InChI=1S/C14H24N4O2/c1-4-6-14(3,5-2)13(19)15-8-11-20-12-10-18-9-7-16-17-18/h4,7,9H,1,5-6,8,10-12H2,2-3H3,(H,15,19). The Bertz CT molecular complexity index is 405. The van der Waals surface area contributed by atoms with Gasteiger partial charge in [0.1, 0.15) is 0 Å². The van der Waals surface area contributed by atoms with Gasteiger partial charge in [-0.05, 0) is 12.8 Å². The molecule has 112 valence electrons. The summed E-state index contributed by atoms with van der Waals surface area (Å²) >= 11 is 0. The molecule has 1 amide bonds. The molecule has 0 aromatic carbocycles. The molecular formula is C14H24N4O2. The van der Waals surface area contributed by atoms with E-state index >= 15 is 0 Å². The summed E-state index contributed by atoms with van der Waals surface area (Å²) in [5.41, 5.74) is -0.373. The van der Waals surface area contributed by atoms with Gasteiger partial charge < -0.3 is 10.1 Å². The van der Waals surface area contributed by atoms with E-state index in [9.17, 15) is 4.79 Å². The Labute approximate surface area is 120 Å². The van der Waals surface area contributed by atoms with Crippen molar-refractivity contribution in [3.63, 3.8) is 0 Å². The molecule has 6 heteroatoms. The molecule has 0 saturated heterocycles. The second kappa shape index (κ2) is 8.47. The predicted octanol–water partition coefficient (Wildman–Crippen LogP) is 1.40. The van der Waals surface area contributed by atoms with Crippen molar-refractivity contribution in [1.82, 2.24) is 20.3 Å². The fourth-order valence-electron chi connectivity index (χ4n) is 1.78. The summed E-state index contributed by atoms with van der Waals surface area (Å²) in [5.74, 6) is 0.0553. The van der Waals surface area contributed by atoms with Crippen molar-refractivity contribution in [3.05, 3.63) is 25.0 Å². The number of aromatic nitrogens is 3. The van der Waals surface area contributed by atoms with Crippen LogP contribution in [0.1, 0.15) is 26.7 Å². The van der Waals surface area contributed by atoms with Crippen molar-refractivity contribution in [2.75, 3.05) is 19.8 Å². The van der Waals surface area contributed by atoms with Crippen molar-refractivity contribution < 1.29 is 9.53 Å². The molecule has 0 saturated carbocycles. The molecule has 1 N–H and O–H groups in total. The third-order valence-electron chi connectivity index (χ3n) is 3.39. The van der Waals surface area contributed by atoms with Gasteiger partial charge in [-0.25, -0.2) is 0 Å². The van der Waals surface area contributed by atoms with Gasteiger partial charge in [0.05, 0.1) is 26.0 Å². The second-order valence-corrected chi connectivity index (χ2v) is 4.94. The first-order valence-electron chi connectivity index (χ1n) is 6.93. The topological polar surface area (TPSA) is 69.0 Å². The van der Waals surface area contributed by atoms with Gasteiger partial charge in [-0.2, -0.15) is 0 Å². The van der Waals surface area contributed by atoms with Crippen molar-refractivity contribution in [2.24, 2.45) is 5.41 Å². The number of rotatable bonds is 10. The number of nitrogens with one attached hydrogen (secondary N) is 1. The minimum atomic E-state index is -0.373. The number of hydrogen-bond acceptors (Lipinski definition) is 4. The number of carbonyl (C=O) groups excluding carboxylic acids is 1. The highest BCUT2D eigenvalue weighted by atomic mass is 16.5. The van der Waals surface area contributed by atoms with E-state index in [1.165, 1.54) is 0 Å². The van der Waals surface area contributed by atoms with E-state index in [0.29, 0.717) is 32.7 Å². The van der Waals surface area contributed by atoms with Gasteiger partial charge in [0.25, 0.3) is 0 Å². The number of hydrogen-bond donors (Lipinski definition) is 1. The lowest BCUT2D eigenvalue weighted by atomic mass is 9.83. The summed E-state index contributed by atoms with van der Waals surface area (Å²) in [6.45, 7) is 9.90. The number of nitrogens with zero attached hydrogens (tertiary/aromatic N) is 3. The van der Waals surface area contributed by atoms with Crippen molar-refractivity contribution in [2.45, 2.75) is 33.2 Å². The number of amides is 1. The van der Waals surface area contributed by atoms with E-state index < -0.39 is 0 Å². The first-order valence-corrected chi connectivity index (χ1v) is 6.93. The van der Waals surface area contributed by atoms with Gasteiger partial charge in [0.2, 0.25) is 5.91 Å². The lowest BCUT2D eigenvalue weighted by molar-refractivity contribution is -0.130. The smallest absolute Gasteiger partial charge is 0.226 e. The second-order valence-electron chi connectivity index (χ2n) is 4.94. The highest BCUT2D eigenvalue weighted by molar-refractivity contribution is 5.82. The zero-order valence-electron chi connectivity index (χ0n) is 12.3. The molecule has 0 radical (unpaired) electrons. The van der Waals surface area contributed by atoms with Crippen LogP contribution in [0.25, 0.3) is 0 Å². The zero-order chi connectivity index (χ0) is 14.8. The van der Waals surface area contributed by atoms with Crippen LogP contribution in [-0.2, 0) is 16.1 Å². The fraction of sp³-hybridized carbons (Fsp3) is 0.643. The minimum absolute atomic E-state index is 0.0553. The average Bonchev–Trinajstić information content (AvgIpc) is 2.95. The molecule has 6 nitrogen and oxygen atoms in total. The molecule has 1 atom stereocenters. The Balaban J connectivity index is 2.13. The van der Waals surface area contributed by atoms with Crippen LogP contribution in [0.3, 0.4) is 0 Å². The third kappa shape index (κ3) is 5.13. The summed E-state index contributed by atoms with van der Waals surface area (Å²) in [7, 11) is 0. The maximum atomic E-state index is 12.1. The summed E-state index contributed by atoms with van der Waals surface area (Å²) in [6, 6.07) is 0. The van der Waals surface area contributed by atoms with Gasteiger partial charge in [0.15, 0.2) is 0 Å². The van der Waals surface area contributed by atoms with Gasteiger partial charge in [-0.3, -0.25) is 9.48 Å². The number of ether oxygens (including phenoxy) is 1. The lowest BCUT2D eigenvalue weighted by Crippen LogP contribution is -2.39. The van der Waals surface area contributed by atoms with Crippen LogP contribution in [0, 0.1) is 5.41 Å². The average molecular weight is 280 g/mol. The summed E-state index contributed by atoms with van der Waals surface area (Å²) in [5, 5.41) is 10.4.